The summed E-state index contributed by atoms with van der Waals surface area (Å²) in [5.41, 5.74) is -0.240. The van der Waals surface area contributed by atoms with E-state index in [0.29, 0.717) is 44.2 Å². The van der Waals surface area contributed by atoms with Crippen LogP contribution in [0.1, 0.15) is 48.7 Å². The van der Waals surface area contributed by atoms with Crippen molar-refractivity contribution in [2.24, 2.45) is 11.8 Å². The van der Waals surface area contributed by atoms with Crippen LogP contribution in [0, 0.1) is 11.8 Å². The number of alkyl halides is 3. The molecule has 2 N–H and O–H groups in total. The van der Waals surface area contributed by atoms with Crippen molar-refractivity contribution in [2.75, 3.05) is 29.9 Å². The number of nitrogens with one attached hydrogen (secondary N) is 2. The first-order chi connectivity index (χ1) is 15.3. The van der Waals surface area contributed by atoms with Gasteiger partial charge in [-0.15, -0.1) is 10.2 Å². The highest BCUT2D eigenvalue weighted by atomic mass is 19.4. The number of benzene rings is 1. The van der Waals surface area contributed by atoms with Crippen LogP contribution in [0.25, 0.3) is 0 Å². The van der Waals surface area contributed by atoms with Crippen molar-refractivity contribution >= 4 is 17.4 Å². The van der Waals surface area contributed by atoms with Crippen LogP contribution >= 0.6 is 0 Å². The lowest BCUT2D eigenvalue weighted by Gasteiger charge is -2.33. The standard InChI is InChI=1S/C23H28F3N5O/c1-15(16-6-7-16)14-27-22(32)20-8-9-21(30-29-20)31-12-10-17(11-13-31)28-19-5-3-2-4-18(19)23(24,25)26/h2-5,8-9,15-17,28H,6-7,10-14H2,1H3,(H,27,32). The maximum Gasteiger partial charge on any atom is 0.418 e. The summed E-state index contributed by atoms with van der Waals surface area (Å²) >= 11 is 0. The van der Waals surface area contributed by atoms with E-state index in [1.54, 1.807) is 18.2 Å². The third kappa shape index (κ3) is 5.49. The monoisotopic (exact) mass is 447 g/mol. The smallest absolute Gasteiger partial charge is 0.382 e. The second kappa shape index (κ2) is 9.34. The first-order valence-electron chi connectivity index (χ1n) is 11.1. The summed E-state index contributed by atoms with van der Waals surface area (Å²) in [5, 5.41) is 14.2. The maximum absolute atomic E-state index is 13.2. The minimum absolute atomic E-state index is 0.0544. The highest BCUT2D eigenvalue weighted by Gasteiger charge is 2.34. The van der Waals surface area contributed by atoms with Gasteiger partial charge in [-0.25, -0.2) is 0 Å². The Bertz CT molecular complexity index is 922. The van der Waals surface area contributed by atoms with Gasteiger partial charge in [-0.05, 0) is 61.8 Å². The Morgan fingerprint density at radius 1 is 1.09 bits per heavy atom. The second-order valence-corrected chi connectivity index (χ2v) is 8.75. The van der Waals surface area contributed by atoms with Crippen molar-refractivity contribution in [1.29, 1.82) is 0 Å². The average Bonchev–Trinajstić information content (AvgIpc) is 3.63. The zero-order chi connectivity index (χ0) is 22.7. The molecule has 1 saturated carbocycles. The summed E-state index contributed by atoms with van der Waals surface area (Å²) < 4.78 is 39.6. The summed E-state index contributed by atoms with van der Waals surface area (Å²) in [6.07, 6.45) is -0.548. The van der Waals surface area contributed by atoms with E-state index in [4.69, 9.17) is 0 Å². The molecule has 1 atom stereocenters. The molecule has 0 radical (unpaired) electrons. The zero-order valence-electron chi connectivity index (χ0n) is 18.0. The lowest BCUT2D eigenvalue weighted by molar-refractivity contribution is -0.137. The van der Waals surface area contributed by atoms with Gasteiger partial charge in [0, 0.05) is 31.4 Å². The van der Waals surface area contributed by atoms with E-state index < -0.39 is 11.7 Å². The summed E-state index contributed by atoms with van der Waals surface area (Å²) in [4.78, 5) is 14.3. The Morgan fingerprint density at radius 3 is 2.44 bits per heavy atom. The van der Waals surface area contributed by atoms with Crippen LogP contribution in [0.2, 0.25) is 0 Å². The van der Waals surface area contributed by atoms with Gasteiger partial charge >= 0.3 is 6.18 Å². The van der Waals surface area contributed by atoms with E-state index in [9.17, 15) is 18.0 Å². The van der Waals surface area contributed by atoms with Gasteiger partial charge in [0.1, 0.15) is 0 Å². The van der Waals surface area contributed by atoms with E-state index in [0.717, 1.165) is 12.0 Å². The maximum atomic E-state index is 13.2. The number of aromatic nitrogens is 2. The highest BCUT2D eigenvalue weighted by Crippen LogP contribution is 2.36. The lowest BCUT2D eigenvalue weighted by atomic mass is 10.0. The molecule has 1 saturated heterocycles. The molecular formula is C23H28F3N5O. The summed E-state index contributed by atoms with van der Waals surface area (Å²) in [7, 11) is 0. The third-order valence-electron chi connectivity index (χ3n) is 6.31. The summed E-state index contributed by atoms with van der Waals surface area (Å²) in [6, 6.07) is 8.95. The topological polar surface area (TPSA) is 70.2 Å². The first kappa shape index (κ1) is 22.4. The highest BCUT2D eigenvalue weighted by molar-refractivity contribution is 5.92. The van der Waals surface area contributed by atoms with Gasteiger partial charge in [-0.3, -0.25) is 4.79 Å². The fourth-order valence-electron chi connectivity index (χ4n) is 4.12. The Hall–Kier alpha value is -2.84. The molecule has 1 aromatic heterocycles. The Labute approximate surface area is 185 Å². The molecule has 1 aliphatic heterocycles. The zero-order valence-corrected chi connectivity index (χ0v) is 18.0. The van der Waals surface area contributed by atoms with Gasteiger partial charge < -0.3 is 15.5 Å². The molecule has 172 valence electrons. The van der Waals surface area contributed by atoms with Crippen LogP contribution in [0.4, 0.5) is 24.7 Å². The fraction of sp³-hybridized carbons (Fsp3) is 0.522. The van der Waals surface area contributed by atoms with E-state index in [1.165, 1.54) is 25.0 Å². The molecule has 0 bridgehead atoms. The van der Waals surface area contributed by atoms with Gasteiger partial charge in [-0.2, -0.15) is 13.2 Å². The minimum Gasteiger partial charge on any atom is -0.382 e. The number of nitrogens with zero attached hydrogens (tertiary/aromatic N) is 3. The van der Waals surface area contributed by atoms with Crippen LogP contribution in [0.5, 0.6) is 0 Å². The average molecular weight is 448 g/mol. The molecule has 32 heavy (non-hydrogen) atoms. The number of rotatable bonds is 7. The van der Waals surface area contributed by atoms with Crippen LogP contribution in [-0.4, -0.2) is 41.8 Å². The number of hydrogen-bond acceptors (Lipinski definition) is 5. The lowest BCUT2D eigenvalue weighted by Crippen LogP contribution is -2.40. The predicted octanol–water partition coefficient (Wildman–Crippen LogP) is 4.35. The molecule has 1 amide bonds. The minimum atomic E-state index is -4.39. The fourth-order valence-corrected chi connectivity index (χ4v) is 4.12. The first-order valence-corrected chi connectivity index (χ1v) is 11.1. The van der Waals surface area contributed by atoms with E-state index >= 15 is 0 Å². The van der Waals surface area contributed by atoms with E-state index in [1.807, 2.05) is 4.90 Å². The number of carbonyl (C=O) groups excluding carboxylic acids is 1. The Kier molecular flexibility index (Phi) is 6.53. The van der Waals surface area contributed by atoms with Gasteiger partial charge in [-0.1, -0.05) is 19.1 Å². The number of amides is 1. The normalized spacial score (nSPS) is 18.3. The Balaban J connectivity index is 1.28. The molecule has 1 aliphatic carbocycles. The number of halogens is 3. The Morgan fingerprint density at radius 2 is 1.81 bits per heavy atom. The molecule has 2 aromatic rings. The number of piperidine rings is 1. The molecule has 9 heteroatoms. The van der Waals surface area contributed by atoms with E-state index in [-0.39, 0.29) is 23.3 Å². The van der Waals surface area contributed by atoms with Crippen LogP contribution in [-0.2, 0) is 6.18 Å². The second-order valence-electron chi connectivity index (χ2n) is 8.75. The molecule has 6 nitrogen and oxygen atoms in total. The van der Waals surface area contributed by atoms with Crippen LogP contribution in [0.3, 0.4) is 0 Å². The SMILES string of the molecule is CC(CNC(=O)c1ccc(N2CCC(Nc3ccccc3C(F)(F)F)CC2)nn1)C1CC1. The molecule has 0 spiro atoms. The van der Waals surface area contributed by atoms with Crippen molar-refractivity contribution in [3.05, 3.63) is 47.7 Å². The van der Waals surface area contributed by atoms with Crippen molar-refractivity contribution in [1.82, 2.24) is 15.5 Å². The largest absolute Gasteiger partial charge is 0.418 e. The quantitative estimate of drug-likeness (QED) is 0.660. The van der Waals surface area contributed by atoms with Crippen LogP contribution < -0.4 is 15.5 Å². The number of anilines is 2. The van der Waals surface area contributed by atoms with Gasteiger partial charge in [0.15, 0.2) is 11.5 Å². The van der Waals surface area contributed by atoms with Gasteiger partial charge in [0.2, 0.25) is 0 Å². The van der Waals surface area contributed by atoms with Gasteiger partial charge in [0.25, 0.3) is 5.91 Å². The van der Waals surface area contributed by atoms with E-state index in [2.05, 4.69) is 27.8 Å². The number of hydrogen-bond donors (Lipinski definition) is 2. The van der Waals surface area contributed by atoms with Crippen LogP contribution in [0.15, 0.2) is 36.4 Å². The predicted molar refractivity (Wildman–Crippen MR) is 117 cm³/mol. The van der Waals surface area contributed by atoms with Crippen molar-refractivity contribution in [3.63, 3.8) is 0 Å². The molecule has 2 fully saturated rings. The van der Waals surface area contributed by atoms with Crippen molar-refractivity contribution in [2.45, 2.75) is 44.8 Å². The van der Waals surface area contributed by atoms with Crippen molar-refractivity contribution in [3.8, 4) is 0 Å². The van der Waals surface area contributed by atoms with Gasteiger partial charge in [0.05, 0.1) is 5.56 Å². The summed E-state index contributed by atoms with van der Waals surface area (Å²) in [6.45, 7) is 4.08. The van der Waals surface area contributed by atoms with Crippen molar-refractivity contribution < 1.29 is 18.0 Å². The molecule has 4 rings (SSSR count). The molecule has 2 heterocycles. The molecule has 2 aliphatic rings. The third-order valence-corrected chi connectivity index (χ3v) is 6.31. The molecule has 1 unspecified atom stereocenters. The number of carbonyl (C=O) groups is 1. The molecule has 1 aromatic carbocycles. The molecular weight excluding hydrogens is 419 g/mol. The number of para-hydroxylation sites is 1. The summed E-state index contributed by atoms with van der Waals surface area (Å²) in [5.74, 6) is 1.65.